The number of nitrogens with one attached hydrogen (secondary N) is 1. The average Bonchev–Trinajstić information content (AvgIpc) is 2.72. The zero-order chi connectivity index (χ0) is 18.6. The number of allylic oxidation sites excluding steroid dienone is 1. The van der Waals surface area contributed by atoms with Gasteiger partial charge in [0, 0.05) is 15.7 Å². The van der Waals surface area contributed by atoms with Crippen molar-refractivity contribution in [1.29, 1.82) is 0 Å². The fourth-order valence-corrected chi connectivity index (χ4v) is 3.96. The van der Waals surface area contributed by atoms with Gasteiger partial charge in [-0.1, -0.05) is 76.6 Å². The molecule has 0 saturated heterocycles. The van der Waals surface area contributed by atoms with E-state index in [1.165, 1.54) is 22.3 Å². The number of Topliss-reactive ketones (excluding diaryl/α,β-unsaturated/α-hetero) is 1. The molecule has 4 rings (SSSR count). The molecule has 0 bridgehead atoms. The molecule has 3 aromatic rings. The summed E-state index contributed by atoms with van der Waals surface area (Å²) in [5, 5.41) is 3.23. The molecule has 2 nitrogen and oxygen atoms in total. The van der Waals surface area contributed by atoms with Gasteiger partial charge in [0.15, 0.2) is 5.78 Å². The fraction of sp³-hybridized carbons (Fsp3) is 0.125. The molecule has 0 unspecified atom stereocenters. The van der Waals surface area contributed by atoms with Crippen molar-refractivity contribution in [3.8, 4) is 11.1 Å². The highest BCUT2D eigenvalue weighted by Gasteiger charge is 2.11. The van der Waals surface area contributed by atoms with Crippen LogP contribution in [0, 0.1) is 0 Å². The first-order valence-corrected chi connectivity index (χ1v) is 9.92. The first kappa shape index (κ1) is 17.7. The Morgan fingerprint density at radius 2 is 1.78 bits per heavy atom. The van der Waals surface area contributed by atoms with E-state index in [0.717, 1.165) is 23.0 Å². The number of ketones is 1. The van der Waals surface area contributed by atoms with Crippen molar-refractivity contribution in [3.63, 3.8) is 0 Å². The summed E-state index contributed by atoms with van der Waals surface area (Å²) in [5.41, 5.74) is 6.84. The minimum absolute atomic E-state index is 0.0637. The van der Waals surface area contributed by atoms with Gasteiger partial charge in [0.2, 0.25) is 0 Å². The third kappa shape index (κ3) is 3.88. The Morgan fingerprint density at radius 3 is 2.59 bits per heavy atom. The number of hydrogen-bond donors (Lipinski definition) is 1. The molecular weight excluding hydrogens is 398 g/mol. The highest BCUT2D eigenvalue weighted by Crippen LogP contribution is 2.31. The van der Waals surface area contributed by atoms with Gasteiger partial charge in [-0.25, -0.2) is 0 Å². The molecule has 0 saturated carbocycles. The van der Waals surface area contributed by atoms with Crippen LogP contribution in [0.3, 0.4) is 0 Å². The largest absolute Gasteiger partial charge is 0.378 e. The van der Waals surface area contributed by atoms with E-state index in [2.05, 4.69) is 63.7 Å². The molecule has 3 aromatic carbocycles. The van der Waals surface area contributed by atoms with Crippen LogP contribution in [-0.4, -0.2) is 12.3 Å². The van der Waals surface area contributed by atoms with Gasteiger partial charge < -0.3 is 5.32 Å². The second kappa shape index (κ2) is 7.93. The van der Waals surface area contributed by atoms with Gasteiger partial charge in [0.1, 0.15) is 0 Å². The number of hydrogen-bond acceptors (Lipinski definition) is 2. The lowest BCUT2D eigenvalue weighted by Gasteiger charge is -2.15. The normalized spacial score (nSPS) is 12.5. The topological polar surface area (TPSA) is 29.1 Å². The van der Waals surface area contributed by atoms with E-state index in [9.17, 15) is 4.79 Å². The summed E-state index contributed by atoms with van der Waals surface area (Å²) in [6, 6.07) is 22.3. The summed E-state index contributed by atoms with van der Waals surface area (Å²) in [7, 11) is 0. The van der Waals surface area contributed by atoms with Gasteiger partial charge in [-0.05, 0) is 53.3 Å². The molecular formula is C24H20BrNO. The van der Waals surface area contributed by atoms with Crippen molar-refractivity contribution in [2.24, 2.45) is 0 Å². The summed E-state index contributed by atoms with van der Waals surface area (Å²) >= 11 is 3.43. The molecule has 1 aliphatic rings. The number of anilines is 1. The number of fused-ring (bicyclic) bond motifs is 1. The second-order valence-corrected chi connectivity index (χ2v) is 7.51. The van der Waals surface area contributed by atoms with Crippen molar-refractivity contribution in [2.45, 2.75) is 12.8 Å². The van der Waals surface area contributed by atoms with Gasteiger partial charge in [0.05, 0.1) is 6.54 Å². The number of carbonyl (C=O) groups excluding carboxylic acids is 1. The van der Waals surface area contributed by atoms with Gasteiger partial charge in [0.25, 0.3) is 0 Å². The molecule has 1 N–H and O–H groups in total. The highest BCUT2D eigenvalue weighted by atomic mass is 79.9. The summed E-state index contributed by atoms with van der Waals surface area (Å²) in [6.45, 7) is 0.269. The Bertz CT molecular complexity index is 1010. The molecule has 0 aromatic heterocycles. The van der Waals surface area contributed by atoms with Crippen LogP contribution >= 0.6 is 15.9 Å². The lowest BCUT2D eigenvalue weighted by Crippen LogP contribution is -2.14. The molecule has 3 heteroatoms. The second-order valence-electron chi connectivity index (χ2n) is 6.65. The zero-order valence-electron chi connectivity index (χ0n) is 14.9. The van der Waals surface area contributed by atoms with E-state index in [1.807, 2.05) is 36.4 Å². The Hall–Kier alpha value is -2.65. The molecule has 134 valence electrons. The van der Waals surface area contributed by atoms with E-state index >= 15 is 0 Å². The molecule has 0 spiro atoms. The Morgan fingerprint density at radius 1 is 0.963 bits per heavy atom. The number of carbonyl (C=O) groups is 1. The van der Waals surface area contributed by atoms with Gasteiger partial charge in [-0.15, -0.1) is 0 Å². The predicted molar refractivity (Wildman–Crippen MR) is 116 cm³/mol. The summed E-state index contributed by atoms with van der Waals surface area (Å²) in [5.74, 6) is 0.0637. The fourth-order valence-electron chi connectivity index (χ4n) is 3.45. The molecule has 0 aliphatic heterocycles. The summed E-state index contributed by atoms with van der Waals surface area (Å²) in [4.78, 5) is 12.4. The predicted octanol–water partition coefficient (Wildman–Crippen LogP) is 6.37. The van der Waals surface area contributed by atoms with E-state index in [1.54, 1.807) is 0 Å². The minimum atomic E-state index is 0.0637. The molecule has 0 atom stereocenters. The maximum absolute atomic E-state index is 12.4. The van der Waals surface area contributed by atoms with Crippen LogP contribution in [0.15, 0.2) is 77.3 Å². The van der Waals surface area contributed by atoms with Gasteiger partial charge in [-0.3, -0.25) is 4.79 Å². The lowest BCUT2D eigenvalue weighted by molar-refractivity contribution is 0.101. The quantitative estimate of drug-likeness (QED) is 0.488. The van der Waals surface area contributed by atoms with Gasteiger partial charge >= 0.3 is 0 Å². The maximum atomic E-state index is 12.4. The van der Waals surface area contributed by atoms with Crippen LogP contribution in [0.4, 0.5) is 5.69 Å². The van der Waals surface area contributed by atoms with Crippen molar-refractivity contribution >= 4 is 33.5 Å². The number of halogens is 1. The molecule has 0 fully saturated rings. The van der Waals surface area contributed by atoms with Crippen molar-refractivity contribution in [3.05, 3.63) is 94.0 Å². The average molecular weight is 418 g/mol. The third-order valence-electron chi connectivity index (χ3n) is 4.88. The molecule has 0 radical (unpaired) electrons. The Labute approximate surface area is 168 Å². The SMILES string of the molecule is O=C(CNc1ccc(-c2cccc3c2C=CCC3)cc1)c1ccccc1Br. The number of aryl methyl sites for hydroxylation is 1. The Kier molecular flexibility index (Phi) is 5.21. The standard InChI is InChI=1S/C24H20BrNO/c25-23-11-4-3-9-22(23)24(27)16-26-19-14-12-18(13-15-19)21-10-5-7-17-6-1-2-8-20(17)21/h2-5,7-15,26H,1,6,16H2. The minimum Gasteiger partial charge on any atom is -0.378 e. The van der Waals surface area contributed by atoms with Crippen LogP contribution in [0.5, 0.6) is 0 Å². The molecule has 27 heavy (non-hydrogen) atoms. The third-order valence-corrected chi connectivity index (χ3v) is 5.58. The van der Waals surface area contributed by atoms with E-state index in [0.29, 0.717) is 5.56 Å². The van der Waals surface area contributed by atoms with E-state index in [4.69, 9.17) is 0 Å². The summed E-state index contributed by atoms with van der Waals surface area (Å²) < 4.78 is 0.828. The first-order valence-electron chi connectivity index (χ1n) is 9.13. The highest BCUT2D eigenvalue weighted by molar-refractivity contribution is 9.10. The van der Waals surface area contributed by atoms with Crippen LogP contribution in [0.2, 0.25) is 0 Å². The van der Waals surface area contributed by atoms with Crippen LogP contribution in [-0.2, 0) is 6.42 Å². The number of rotatable bonds is 5. The first-order chi connectivity index (χ1) is 13.2. The van der Waals surface area contributed by atoms with Crippen LogP contribution < -0.4 is 5.32 Å². The Balaban J connectivity index is 1.48. The molecule has 0 heterocycles. The van der Waals surface area contributed by atoms with Crippen molar-refractivity contribution in [1.82, 2.24) is 0 Å². The number of benzene rings is 3. The molecule has 0 amide bonds. The molecule has 1 aliphatic carbocycles. The smallest absolute Gasteiger partial charge is 0.182 e. The monoisotopic (exact) mass is 417 g/mol. The summed E-state index contributed by atoms with van der Waals surface area (Å²) in [6.07, 6.45) is 6.70. The lowest BCUT2D eigenvalue weighted by atomic mass is 9.90. The van der Waals surface area contributed by atoms with E-state index in [-0.39, 0.29) is 12.3 Å². The van der Waals surface area contributed by atoms with Crippen molar-refractivity contribution in [2.75, 3.05) is 11.9 Å². The van der Waals surface area contributed by atoms with Crippen LogP contribution in [0.1, 0.15) is 27.9 Å². The van der Waals surface area contributed by atoms with E-state index < -0.39 is 0 Å². The maximum Gasteiger partial charge on any atom is 0.182 e. The van der Waals surface area contributed by atoms with Gasteiger partial charge in [-0.2, -0.15) is 0 Å². The van der Waals surface area contributed by atoms with Crippen LogP contribution in [0.25, 0.3) is 17.2 Å². The van der Waals surface area contributed by atoms with Crippen molar-refractivity contribution < 1.29 is 4.79 Å². The zero-order valence-corrected chi connectivity index (χ0v) is 16.5.